The third kappa shape index (κ3) is 5.36. The predicted octanol–water partition coefficient (Wildman–Crippen LogP) is 5.35. The number of benzene rings is 2. The van der Waals surface area contributed by atoms with Crippen molar-refractivity contribution in [1.29, 1.82) is 0 Å². The van der Waals surface area contributed by atoms with Gasteiger partial charge < -0.3 is 15.4 Å². The second kappa shape index (κ2) is 9.11. The maximum atomic E-state index is 6.11. The first-order valence-corrected chi connectivity index (χ1v) is 10.7. The molecular weight excluding hydrogens is 344 g/mol. The maximum Gasteiger partial charge on any atom is 0.124 e. The van der Waals surface area contributed by atoms with E-state index in [2.05, 4.69) is 93.8 Å². The van der Waals surface area contributed by atoms with Gasteiger partial charge in [-0.2, -0.15) is 0 Å². The summed E-state index contributed by atoms with van der Waals surface area (Å²) in [5.74, 6) is 0.996. The van der Waals surface area contributed by atoms with Crippen LogP contribution in [0.25, 0.3) is 0 Å². The third-order valence-corrected chi connectivity index (χ3v) is 5.46. The van der Waals surface area contributed by atoms with Crippen molar-refractivity contribution in [3.8, 4) is 5.75 Å². The van der Waals surface area contributed by atoms with E-state index in [9.17, 15) is 0 Å². The third-order valence-electron chi connectivity index (χ3n) is 5.46. The van der Waals surface area contributed by atoms with Crippen LogP contribution >= 0.6 is 0 Å². The van der Waals surface area contributed by atoms with Gasteiger partial charge >= 0.3 is 0 Å². The topological polar surface area (TPSA) is 33.3 Å². The summed E-state index contributed by atoms with van der Waals surface area (Å²) < 4.78 is 6.11. The van der Waals surface area contributed by atoms with Crippen LogP contribution in [0.15, 0.2) is 48.5 Å². The lowest BCUT2D eigenvalue weighted by molar-refractivity contribution is 0.237. The van der Waals surface area contributed by atoms with Gasteiger partial charge in [-0.3, -0.25) is 0 Å². The normalized spacial score (nSPS) is 20.4. The van der Waals surface area contributed by atoms with Crippen molar-refractivity contribution in [3.05, 3.63) is 65.2 Å². The largest absolute Gasteiger partial charge is 0.491 e. The minimum atomic E-state index is 0.129. The van der Waals surface area contributed by atoms with Crippen molar-refractivity contribution in [3.63, 3.8) is 0 Å². The van der Waals surface area contributed by atoms with E-state index < -0.39 is 0 Å². The Morgan fingerprint density at radius 2 is 1.86 bits per heavy atom. The quantitative estimate of drug-likeness (QED) is 0.708. The summed E-state index contributed by atoms with van der Waals surface area (Å²) >= 11 is 0. The summed E-state index contributed by atoms with van der Waals surface area (Å²) in [7, 11) is 0. The molecular formula is C25H36N2O. The van der Waals surface area contributed by atoms with Crippen LogP contribution in [-0.2, 0) is 12.0 Å². The fourth-order valence-corrected chi connectivity index (χ4v) is 3.91. The molecule has 1 saturated heterocycles. The molecule has 2 aromatic carbocycles. The standard InChI is InChI=1S/C25H36N2O/c1-18(2)28-23-14-13-21(25(3,4)5)16-20(23)17-27-22-12-9-15-26-24(22)19-10-7-6-8-11-19/h6-8,10-11,13-14,16,18,22,24,26-27H,9,12,15,17H2,1-5H3. The summed E-state index contributed by atoms with van der Waals surface area (Å²) in [6.07, 6.45) is 2.57. The Morgan fingerprint density at radius 3 is 2.54 bits per heavy atom. The van der Waals surface area contributed by atoms with Crippen LogP contribution in [0.4, 0.5) is 0 Å². The Hall–Kier alpha value is -1.84. The summed E-state index contributed by atoms with van der Waals surface area (Å²) in [6.45, 7) is 12.9. The number of ether oxygens (including phenoxy) is 1. The van der Waals surface area contributed by atoms with Crippen molar-refractivity contribution in [2.75, 3.05) is 6.54 Å². The molecule has 0 bridgehead atoms. The molecule has 3 rings (SSSR count). The smallest absolute Gasteiger partial charge is 0.124 e. The predicted molar refractivity (Wildman–Crippen MR) is 118 cm³/mol. The molecule has 2 unspecified atom stereocenters. The molecule has 3 heteroatoms. The highest BCUT2D eigenvalue weighted by Crippen LogP contribution is 2.30. The molecule has 152 valence electrons. The number of hydrogen-bond acceptors (Lipinski definition) is 3. The zero-order valence-electron chi connectivity index (χ0n) is 18.1. The van der Waals surface area contributed by atoms with E-state index in [1.807, 2.05) is 0 Å². The Kier molecular flexibility index (Phi) is 6.79. The van der Waals surface area contributed by atoms with Crippen LogP contribution in [0.3, 0.4) is 0 Å². The molecule has 1 aliphatic rings. The fraction of sp³-hybridized carbons (Fsp3) is 0.520. The first-order chi connectivity index (χ1) is 13.3. The van der Waals surface area contributed by atoms with Crippen LogP contribution in [0, 0.1) is 0 Å². The van der Waals surface area contributed by atoms with Gasteiger partial charge in [0, 0.05) is 24.2 Å². The van der Waals surface area contributed by atoms with E-state index in [1.165, 1.54) is 29.5 Å². The van der Waals surface area contributed by atoms with Crippen LogP contribution in [0.5, 0.6) is 5.75 Å². The molecule has 1 fully saturated rings. The highest BCUT2D eigenvalue weighted by molar-refractivity contribution is 5.40. The van der Waals surface area contributed by atoms with Gasteiger partial charge in [-0.25, -0.2) is 0 Å². The monoisotopic (exact) mass is 380 g/mol. The van der Waals surface area contributed by atoms with Gasteiger partial charge in [0.15, 0.2) is 0 Å². The van der Waals surface area contributed by atoms with Gasteiger partial charge in [0.2, 0.25) is 0 Å². The Labute approximate surface area is 170 Å². The Morgan fingerprint density at radius 1 is 1.11 bits per heavy atom. The minimum Gasteiger partial charge on any atom is -0.491 e. The average Bonchev–Trinajstić information content (AvgIpc) is 2.67. The number of piperidine rings is 1. The van der Waals surface area contributed by atoms with Crippen molar-refractivity contribution >= 4 is 0 Å². The molecule has 2 N–H and O–H groups in total. The number of hydrogen-bond donors (Lipinski definition) is 2. The second-order valence-corrected chi connectivity index (χ2v) is 9.21. The Bertz CT molecular complexity index is 749. The lowest BCUT2D eigenvalue weighted by Gasteiger charge is -2.34. The molecule has 0 saturated carbocycles. The molecule has 2 atom stereocenters. The summed E-state index contributed by atoms with van der Waals surface area (Å²) in [6, 6.07) is 18.2. The molecule has 1 aliphatic heterocycles. The molecule has 2 aromatic rings. The van der Waals surface area contributed by atoms with Crippen molar-refractivity contribution in [2.24, 2.45) is 0 Å². The molecule has 0 amide bonds. The van der Waals surface area contributed by atoms with E-state index in [0.29, 0.717) is 12.1 Å². The van der Waals surface area contributed by atoms with Gasteiger partial charge in [-0.05, 0) is 55.8 Å². The van der Waals surface area contributed by atoms with Crippen LogP contribution < -0.4 is 15.4 Å². The lowest BCUT2D eigenvalue weighted by atomic mass is 9.86. The fourth-order valence-electron chi connectivity index (χ4n) is 3.91. The number of nitrogens with one attached hydrogen (secondary N) is 2. The van der Waals surface area contributed by atoms with E-state index in [1.54, 1.807) is 0 Å². The number of rotatable bonds is 6. The average molecular weight is 381 g/mol. The van der Waals surface area contributed by atoms with E-state index in [4.69, 9.17) is 4.74 Å². The molecule has 0 aliphatic carbocycles. The van der Waals surface area contributed by atoms with Crippen molar-refractivity contribution in [1.82, 2.24) is 10.6 Å². The SMILES string of the molecule is CC(C)Oc1ccc(C(C)(C)C)cc1CNC1CCCNC1c1ccccc1. The van der Waals surface area contributed by atoms with Gasteiger partial charge in [0.05, 0.1) is 6.10 Å². The summed E-state index contributed by atoms with van der Waals surface area (Å²) in [4.78, 5) is 0. The molecule has 0 spiro atoms. The zero-order valence-corrected chi connectivity index (χ0v) is 18.1. The molecule has 1 heterocycles. The van der Waals surface area contributed by atoms with Gasteiger partial charge in [0.1, 0.15) is 5.75 Å². The van der Waals surface area contributed by atoms with Crippen LogP contribution in [0.1, 0.15) is 70.2 Å². The van der Waals surface area contributed by atoms with Gasteiger partial charge in [-0.15, -0.1) is 0 Å². The van der Waals surface area contributed by atoms with E-state index in [0.717, 1.165) is 18.8 Å². The maximum absolute atomic E-state index is 6.11. The summed E-state index contributed by atoms with van der Waals surface area (Å²) in [5, 5.41) is 7.55. The van der Waals surface area contributed by atoms with Crippen molar-refractivity contribution in [2.45, 2.75) is 77.6 Å². The first-order valence-electron chi connectivity index (χ1n) is 10.7. The molecule has 0 aromatic heterocycles. The van der Waals surface area contributed by atoms with Gasteiger partial charge in [-0.1, -0.05) is 63.2 Å². The van der Waals surface area contributed by atoms with Gasteiger partial charge in [0.25, 0.3) is 0 Å². The highest BCUT2D eigenvalue weighted by Gasteiger charge is 2.26. The van der Waals surface area contributed by atoms with Crippen molar-refractivity contribution < 1.29 is 4.74 Å². The van der Waals surface area contributed by atoms with E-state index in [-0.39, 0.29) is 11.5 Å². The van der Waals surface area contributed by atoms with E-state index >= 15 is 0 Å². The Balaban J connectivity index is 1.79. The lowest BCUT2D eigenvalue weighted by Crippen LogP contribution is -2.45. The molecule has 28 heavy (non-hydrogen) atoms. The zero-order chi connectivity index (χ0) is 20.1. The minimum absolute atomic E-state index is 0.129. The molecule has 3 nitrogen and oxygen atoms in total. The molecule has 0 radical (unpaired) electrons. The van der Waals surface area contributed by atoms with Crippen LogP contribution in [0.2, 0.25) is 0 Å². The first kappa shape index (κ1) is 20.9. The summed E-state index contributed by atoms with van der Waals surface area (Å²) in [5.41, 5.74) is 4.09. The van der Waals surface area contributed by atoms with Crippen LogP contribution in [-0.4, -0.2) is 18.7 Å². The second-order valence-electron chi connectivity index (χ2n) is 9.21. The highest BCUT2D eigenvalue weighted by atomic mass is 16.5.